The minimum Gasteiger partial charge on any atom is -0.450 e. The first-order valence-electron chi connectivity index (χ1n) is 15.1. The first-order chi connectivity index (χ1) is 18.4. The molecule has 0 radical (unpaired) electrons. The lowest BCUT2D eigenvalue weighted by atomic mass is 9.79. The maximum atomic E-state index is 14.5. The number of rotatable bonds is 8. The predicted molar refractivity (Wildman–Crippen MR) is 151 cm³/mol. The van der Waals surface area contributed by atoms with E-state index in [0.29, 0.717) is 19.2 Å². The van der Waals surface area contributed by atoms with Crippen LogP contribution in [-0.4, -0.2) is 59.3 Å². The SMILES string of the molecule is CCOC(=O)NCc1c(CN2CCCC2)c2cc(F)ccc2n1C1CCN(C2CCC(C(C)C)CC2)CC1. The highest BCUT2D eigenvalue weighted by Gasteiger charge is 2.32. The van der Waals surface area contributed by atoms with Crippen molar-refractivity contribution in [2.24, 2.45) is 11.8 Å². The Labute approximate surface area is 227 Å². The van der Waals surface area contributed by atoms with Crippen LogP contribution < -0.4 is 5.32 Å². The molecule has 1 N–H and O–H groups in total. The second-order valence-corrected chi connectivity index (χ2v) is 12.1. The van der Waals surface area contributed by atoms with Crippen molar-refractivity contribution in [3.8, 4) is 0 Å². The van der Waals surface area contributed by atoms with E-state index in [2.05, 4.69) is 33.5 Å². The number of halogens is 1. The summed E-state index contributed by atoms with van der Waals surface area (Å²) in [6, 6.07) is 6.30. The highest BCUT2D eigenvalue weighted by molar-refractivity contribution is 5.86. The Hall–Kier alpha value is -2.12. The van der Waals surface area contributed by atoms with Crippen molar-refractivity contribution in [2.75, 3.05) is 32.8 Å². The molecule has 210 valence electrons. The van der Waals surface area contributed by atoms with Crippen molar-refractivity contribution < 1.29 is 13.9 Å². The number of nitrogens with zero attached hydrogens (tertiary/aromatic N) is 3. The summed E-state index contributed by atoms with van der Waals surface area (Å²) in [4.78, 5) is 17.5. The summed E-state index contributed by atoms with van der Waals surface area (Å²) in [5.41, 5.74) is 3.37. The molecule has 3 fully saturated rings. The van der Waals surface area contributed by atoms with Crippen molar-refractivity contribution in [3.05, 3.63) is 35.3 Å². The molecule has 3 heterocycles. The average Bonchev–Trinajstić information content (AvgIpc) is 3.54. The van der Waals surface area contributed by atoms with Crippen LogP contribution in [0, 0.1) is 17.7 Å². The van der Waals surface area contributed by atoms with Gasteiger partial charge in [0.25, 0.3) is 0 Å². The Morgan fingerprint density at radius 1 is 1.03 bits per heavy atom. The molecule has 7 heteroatoms. The normalized spacial score (nSPS) is 23.9. The third kappa shape index (κ3) is 6.04. The number of aromatic nitrogens is 1. The van der Waals surface area contributed by atoms with Crippen LogP contribution in [-0.2, 0) is 17.8 Å². The average molecular weight is 527 g/mol. The van der Waals surface area contributed by atoms with Gasteiger partial charge in [-0.05, 0) is 107 Å². The van der Waals surface area contributed by atoms with E-state index >= 15 is 0 Å². The standard InChI is InChI=1S/C31H47FN4O2/c1-4-38-31(37)33-20-30-28(21-34-15-5-6-16-34)27-19-24(32)9-12-29(27)36(30)26-13-17-35(18-14-26)25-10-7-23(8-11-25)22(2)3/h9,12,19,22-23,25-26H,4-8,10-11,13-18,20-21H2,1-3H3,(H,33,37). The molecule has 0 bridgehead atoms. The summed E-state index contributed by atoms with van der Waals surface area (Å²) in [5.74, 6) is 1.48. The van der Waals surface area contributed by atoms with Crippen LogP contribution in [0.4, 0.5) is 9.18 Å². The molecule has 1 amide bonds. The molecule has 0 atom stereocenters. The number of carbonyl (C=O) groups excluding carboxylic acids is 1. The molecule has 1 aromatic heterocycles. The minimum absolute atomic E-state index is 0.200. The van der Waals surface area contributed by atoms with Crippen LogP contribution in [0.3, 0.4) is 0 Å². The van der Waals surface area contributed by atoms with E-state index in [1.165, 1.54) is 38.5 Å². The molecule has 0 spiro atoms. The second kappa shape index (κ2) is 12.4. The van der Waals surface area contributed by atoms with Gasteiger partial charge in [-0.15, -0.1) is 0 Å². The number of hydrogen-bond acceptors (Lipinski definition) is 4. The fourth-order valence-electron chi connectivity index (χ4n) is 7.34. The summed E-state index contributed by atoms with van der Waals surface area (Å²) in [5, 5.41) is 3.98. The first-order valence-corrected chi connectivity index (χ1v) is 15.1. The molecule has 2 aromatic rings. The van der Waals surface area contributed by atoms with E-state index in [9.17, 15) is 9.18 Å². The Balaban J connectivity index is 1.39. The van der Waals surface area contributed by atoms with Crippen LogP contribution >= 0.6 is 0 Å². The zero-order valence-electron chi connectivity index (χ0n) is 23.7. The fourth-order valence-corrected chi connectivity index (χ4v) is 7.34. The van der Waals surface area contributed by atoms with Crippen molar-refractivity contribution in [2.45, 2.75) is 97.3 Å². The molecule has 2 aliphatic heterocycles. The Bertz CT molecular complexity index is 1080. The molecule has 1 saturated carbocycles. The fraction of sp³-hybridized carbons (Fsp3) is 0.710. The van der Waals surface area contributed by atoms with E-state index in [0.717, 1.165) is 85.6 Å². The molecule has 1 aliphatic carbocycles. The first kappa shape index (κ1) is 27.4. The lowest BCUT2D eigenvalue weighted by molar-refractivity contribution is 0.0888. The molecular weight excluding hydrogens is 479 g/mol. The number of carbonyl (C=O) groups is 1. The molecule has 0 unspecified atom stereocenters. The van der Waals surface area contributed by atoms with Gasteiger partial charge in [0.1, 0.15) is 5.82 Å². The lowest BCUT2D eigenvalue weighted by Crippen LogP contribution is -2.44. The lowest BCUT2D eigenvalue weighted by Gasteiger charge is -2.42. The van der Waals surface area contributed by atoms with E-state index in [1.54, 1.807) is 12.1 Å². The molecule has 38 heavy (non-hydrogen) atoms. The molecule has 1 aromatic carbocycles. The summed E-state index contributed by atoms with van der Waals surface area (Å²) in [6.45, 7) is 12.5. The Kier molecular flexibility index (Phi) is 8.94. The van der Waals surface area contributed by atoms with Crippen LogP contribution in [0.1, 0.15) is 89.4 Å². The van der Waals surface area contributed by atoms with Gasteiger partial charge in [0.15, 0.2) is 0 Å². The zero-order chi connectivity index (χ0) is 26.6. The van der Waals surface area contributed by atoms with Gasteiger partial charge >= 0.3 is 6.09 Å². The zero-order valence-corrected chi connectivity index (χ0v) is 23.7. The number of benzene rings is 1. The van der Waals surface area contributed by atoms with E-state index in [1.807, 2.05) is 13.0 Å². The monoisotopic (exact) mass is 526 g/mol. The molecule has 5 rings (SSSR count). The summed E-state index contributed by atoms with van der Waals surface area (Å²) in [6.07, 6.45) is 9.57. The molecule has 3 aliphatic rings. The summed E-state index contributed by atoms with van der Waals surface area (Å²) in [7, 11) is 0. The number of alkyl carbamates (subject to hydrolysis) is 1. The number of piperidine rings is 1. The quantitative estimate of drug-likeness (QED) is 0.428. The van der Waals surface area contributed by atoms with E-state index in [-0.39, 0.29) is 5.82 Å². The van der Waals surface area contributed by atoms with Crippen molar-refractivity contribution in [1.82, 2.24) is 19.7 Å². The maximum Gasteiger partial charge on any atom is 0.407 e. The topological polar surface area (TPSA) is 49.7 Å². The van der Waals surface area contributed by atoms with Crippen LogP contribution in [0.2, 0.25) is 0 Å². The molecule has 6 nitrogen and oxygen atoms in total. The van der Waals surface area contributed by atoms with Gasteiger partial charge < -0.3 is 19.5 Å². The third-order valence-electron chi connectivity index (χ3n) is 9.50. The summed E-state index contributed by atoms with van der Waals surface area (Å²) < 4.78 is 22.2. The van der Waals surface area contributed by atoms with Gasteiger partial charge in [-0.25, -0.2) is 9.18 Å². The number of fused-ring (bicyclic) bond motifs is 1. The largest absolute Gasteiger partial charge is 0.450 e. The van der Waals surface area contributed by atoms with Gasteiger partial charge in [-0.1, -0.05) is 13.8 Å². The van der Waals surface area contributed by atoms with Crippen LogP contribution in [0.5, 0.6) is 0 Å². The Morgan fingerprint density at radius 2 is 1.74 bits per heavy atom. The van der Waals surface area contributed by atoms with E-state index in [4.69, 9.17) is 4.74 Å². The highest BCUT2D eigenvalue weighted by Crippen LogP contribution is 2.38. The van der Waals surface area contributed by atoms with Crippen molar-refractivity contribution in [1.29, 1.82) is 0 Å². The number of hydrogen-bond donors (Lipinski definition) is 1. The van der Waals surface area contributed by atoms with Gasteiger partial charge in [0, 0.05) is 48.3 Å². The summed E-state index contributed by atoms with van der Waals surface area (Å²) >= 11 is 0. The van der Waals surface area contributed by atoms with Crippen LogP contribution in [0.25, 0.3) is 10.9 Å². The van der Waals surface area contributed by atoms with Crippen molar-refractivity contribution >= 4 is 17.0 Å². The van der Waals surface area contributed by atoms with E-state index < -0.39 is 6.09 Å². The number of nitrogens with one attached hydrogen (secondary N) is 1. The van der Waals surface area contributed by atoms with Gasteiger partial charge in [-0.2, -0.15) is 0 Å². The predicted octanol–water partition coefficient (Wildman–Crippen LogP) is 6.47. The maximum absolute atomic E-state index is 14.5. The minimum atomic E-state index is -0.394. The van der Waals surface area contributed by atoms with Gasteiger partial charge in [-0.3, -0.25) is 4.90 Å². The number of amides is 1. The van der Waals surface area contributed by atoms with Gasteiger partial charge in [0.05, 0.1) is 13.2 Å². The highest BCUT2D eigenvalue weighted by atomic mass is 19.1. The van der Waals surface area contributed by atoms with Gasteiger partial charge in [0.2, 0.25) is 0 Å². The molecular formula is C31H47FN4O2. The smallest absolute Gasteiger partial charge is 0.407 e. The van der Waals surface area contributed by atoms with Crippen molar-refractivity contribution in [3.63, 3.8) is 0 Å². The Morgan fingerprint density at radius 3 is 2.39 bits per heavy atom. The van der Waals surface area contributed by atoms with Crippen LogP contribution in [0.15, 0.2) is 18.2 Å². The third-order valence-corrected chi connectivity index (χ3v) is 9.50. The number of ether oxygens (including phenoxy) is 1. The molecule has 2 saturated heterocycles. The number of likely N-dealkylation sites (tertiary alicyclic amines) is 2. The second-order valence-electron chi connectivity index (χ2n) is 12.1.